The molecule has 2 aromatic rings. The Morgan fingerprint density at radius 2 is 1.88 bits per heavy atom. The summed E-state index contributed by atoms with van der Waals surface area (Å²) in [5.41, 5.74) is 7.38. The van der Waals surface area contributed by atoms with E-state index in [2.05, 4.69) is 0 Å². The van der Waals surface area contributed by atoms with Crippen molar-refractivity contribution in [1.82, 2.24) is 9.36 Å². The summed E-state index contributed by atoms with van der Waals surface area (Å²) in [6, 6.07) is 9.51. The lowest BCUT2D eigenvalue weighted by Gasteiger charge is -2.03. The standard InChI is InChI=1S/C12H15N3O/c1-3-15-12(16)10(11(13)14(15)2)9-7-5-4-6-8-9/h4-8H,3,13H2,1-2H3. The van der Waals surface area contributed by atoms with Gasteiger partial charge >= 0.3 is 0 Å². The summed E-state index contributed by atoms with van der Waals surface area (Å²) < 4.78 is 3.32. The summed E-state index contributed by atoms with van der Waals surface area (Å²) in [4.78, 5) is 12.1. The average molecular weight is 217 g/mol. The van der Waals surface area contributed by atoms with E-state index in [1.807, 2.05) is 37.3 Å². The van der Waals surface area contributed by atoms with Gasteiger partial charge in [0.2, 0.25) is 0 Å². The Bertz CT molecular complexity index is 552. The minimum Gasteiger partial charge on any atom is -0.383 e. The molecule has 0 saturated heterocycles. The first-order valence-corrected chi connectivity index (χ1v) is 5.27. The fraction of sp³-hybridized carbons (Fsp3) is 0.250. The molecule has 0 fully saturated rings. The Kier molecular flexibility index (Phi) is 2.56. The lowest BCUT2D eigenvalue weighted by atomic mass is 10.1. The second kappa shape index (κ2) is 3.89. The van der Waals surface area contributed by atoms with E-state index >= 15 is 0 Å². The quantitative estimate of drug-likeness (QED) is 0.827. The van der Waals surface area contributed by atoms with Crippen LogP contribution in [-0.4, -0.2) is 9.36 Å². The molecule has 0 aliphatic carbocycles. The first-order chi connectivity index (χ1) is 7.66. The Morgan fingerprint density at radius 1 is 1.25 bits per heavy atom. The van der Waals surface area contributed by atoms with Crippen molar-refractivity contribution in [1.29, 1.82) is 0 Å². The SMILES string of the molecule is CCn1c(=O)c(-c2ccccc2)c(N)n1C. The zero-order valence-corrected chi connectivity index (χ0v) is 9.47. The summed E-state index contributed by atoms with van der Waals surface area (Å²) in [7, 11) is 1.80. The van der Waals surface area contributed by atoms with E-state index in [0.29, 0.717) is 17.9 Å². The van der Waals surface area contributed by atoms with Crippen molar-refractivity contribution < 1.29 is 0 Å². The lowest BCUT2D eigenvalue weighted by Crippen LogP contribution is -2.20. The largest absolute Gasteiger partial charge is 0.383 e. The van der Waals surface area contributed by atoms with Gasteiger partial charge in [-0.15, -0.1) is 0 Å². The van der Waals surface area contributed by atoms with Crippen LogP contribution in [0.3, 0.4) is 0 Å². The smallest absolute Gasteiger partial charge is 0.276 e. The maximum atomic E-state index is 12.1. The first kappa shape index (κ1) is 10.5. The van der Waals surface area contributed by atoms with Crippen molar-refractivity contribution >= 4 is 5.82 Å². The normalized spacial score (nSPS) is 10.6. The number of aromatic nitrogens is 2. The zero-order valence-electron chi connectivity index (χ0n) is 9.47. The molecule has 1 heterocycles. The van der Waals surface area contributed by atoms with Crippen molar-refractivity contribution in [2.24, 2.45) is 7.05 Å². The molecule has 0 radical (unpaired) electrons. The third kappa shape index (κ3) is 1.43. The van der Waals surface area contributed by atoms with Gasteiger partial charge in [-0.1, -0.05) is 30.3 Å². The van der Waals surface area contributed by atoms with Gasteiger partial charge in [0.15, 0.2) is 0 Å². The average Bonchev–Trinajstić information content (AvgIpc) is 2.51. The minimum atomic E-state index is -0.0336. The molecule has 0 spiro atoms. The highest BCUT2D eigenvalue weighted by atomic mass is 16.1. The number of hydrogen-bond acceptors (Lipinski definition) is 2. The van der Waals surface area contributed by atoms with Crippen LogP contribution < -0.4 is 11.3 Å². The molecule has 0 bridgehead atoms. The number of benzene rings is 1. The van der Waals surface area contributed by atoms with Crippen LogP contribution in [0.1, 0.15) is 6.92 Å². The maximum absolute atomic E-state index is 12.1. The summed E-state index contributed by atoms with van der Waals surface area (Å²) in [5.74, 6) is 0.512. The monoisotopic (exact) mass is 217 g/mol. The number of hydrogen-bond donors (Lipinski definition) is 1. The number of nitrogens with two attached hydrogens (primary N) is 1. The van der Waals surface area contributed by atoms with E-state index < -0.39 is 0 Å². The molecule has 4 nitrogen and oxygen atoms in total. The molecule has 0 atom stereocenters. The van der Waals surface area contributed by atoms with Crippen molar-refractivity contribution in [3.05, 3.63) is 40.7 Å². The maximum Gasteiger partial charge on any atom is 0.276 e. The van der Waals surface area contributed by atoms with Crippen LogP contribution in [0.15, 0.2) is 35.1 Å². The van der Waals surface area contributed by atoms with E-state index in [1.54, 1.807) is 16.4 Å². The van der Waals surface area contributed by atoms with Gasteiger partial charge in [-0.2, -0.15) is 0 Å². The third-order valence-corrected chi connectivity index (χ3v) is 2.78. The molecule has 1 aromatic heterocycles. The Balaban J connectivity index is 2.72. The van der Waals surface area contributed by atoms with Crippen LogP contribution in [0.4, 0.5) is 5.82 Å². The van der Waals surface area contributed by atoms with E-state index in [0.717, 1.165) is 5.56 Å². The highest BCUT2D eigenvalue weighted by Gasteiger charge is 2.15. The molecule has 1 aromatic carbocycles. The molecule has 0 unspecified atom stereocenters. The second-order valence-electron chi connectivity index (χ2n) is 3.67. The van der Waals surface area contributed by atoms with Crippen molar-refractivity contribution in [2.45, 2.75) is 13.5 Å². The number of rotatable bonds is 2. The fourth-order valence-corrected chi connectivity index (χ4v) is 1.90. The molecular formula is C12H15N3O. The molecule has 0 aliphatic rings. The topological polar surface area (TPSA) is 52.9 Å². The first-order valence-electron chi connectivity index (χ1n) is 5.27. The van der Waals surface area contributed by atoms with Crippen molar-refractivity contribution in [3.63, 3.8) is 0 Å². The number of nitrogens with zero attached hydrogens (tertiary/aromatic N) is 2. The van der Waals surface area contributed by atoms with Crippen LogP contribution >= 0.6 is 0 Å². The summed E-state index contributed by atoms with van der Waals surface area (Å²) in [6.07, 6.45) is 0. The van der Waals surface area contributed by atoms with E-state index in [4.69, 9.17) is 5.73 Å². The molecule has 16 heavy (non-hydrogen) atoms. The molecule has 2 N–H and O–H groups in total. The van der Waals surface area contributed by atoms with Gasteiger partial charge in [0, 0.05) is 13.6 Å². The minimum absolute atomic E-state index is 0.0336. The van der Waals surface area contributed by atoms with E-state index in [-0.39, 0.29) is 5.56 Å². The van der Waals surface area contributed by atoms with E-state index in [9.17, 15) is 4.79 Å². The van der Waals surface area contributed by atoms with Crippen molar-refractivity contribution in [3.8, 4) is 11.1 Å². The molecule has 84 valence electrons. The summed E-state index contributed by atoms with van der Waals surface area (Å²) >= 11 is 0. The van der Waals surface area contributed by atoms with Crippen LogP contribution in [0, 0.1) is 0 Å². The second-order valence-corrected chi connectivity index (χ2v) is 3.67. The van der Waals surface area contributed by atoms with Gasteiger partial charge in [-0.3, -0.25) is 9.48 Å². The predicted octanol–water partition coefficient (Wildman–Crippen LogP) is 1.46. The molecule has 4 heteroatoms. The summed E-state index contributed by atoms with van der Waals surface area (Å²) in [6.45, 7) is 2.54. The van der Waals surface area contributed by atoms with Crippen LogP contribution in [0.2, 0.25) is 0 Å². The molecular weight excluding hydrogens is 202 g/mol. The molecule has 0 amide bonds. The Morgan fingerprint density at radius 3 is 2.38 bits per heavy atom. The Labute approximate surface area is 93.9 Å². The van der Waals surface area contributed by atoms with Crippen LogP contribution in [-0.2, 0) is 13.6 Å². The summed E-state index contributed by atoms with van der Waals surface area (Å²) in [5, 5.41) is 0. The highest BCUT2D eigenvalue weighted by molar-refractivity contribution is 5.73. The zero-order chi connectivity index (χ0) is 11.7. The van der Waals surface area contributed by atoms with E-state index in [1.165, 1.54) is 0 Å². The van der Waals surface area contributed by atoms with Crippen molar-refractivity contribution in [2.75, 3.05) is 5.73 Å². The van der Waals surface area contributed by atoms with Crippen LogP contribution in [0.5, 0.6) is 0 Å². The highest BCUT2D eigenvalue weighted by Crippen LogP contribution is 2.21. The van der Waals surface area contributed by atoms with Gasteiger partial charge in [0.05, 0.1) is 5.56 Å². The third-order valence-electron chi connectivity index (χ3n) is 2.78. The van der Waals surface area contributed by atoms with Gasteiger partial charge in [-0.05, 0) is 12.5 Å². The molecule has 0 saturated carbocycles. The van der Waals surface area contributed by atoms with Crippen LogP contribution in [0.25, 0.3) is 11.1 Å². The Hall–Kier alpha value is -1.97. The van der Waals surface area contributed by atoms with Gasteiger partial charge < -0.3 is 5.73 Å². The lowest BCUT2D eigenvalue weighted by molar-refractivity contribution is 0.525. The number of anilines is 1. The fourth-order valence-electron chi connectivity index (χ4n) is 1.90. The molecule has 2 rings (SSSR count). The van der Waals surface area contributed by atoms with Gasteiger partial charge in [0.1, 0.15) is 5.82 Å². The predicted molar refractivity (Wildman–Crippen MR) is 65.2 cm³/mol. The molecule has 0 aliphatic heterocycles. The van der Waals surface area contributed by atoms with Gasteiger partial charge in [0.25, 0.3) is 5.56 Å². The number of nitrogen functional groups attached to an aromatic ring is 1. The van der Waals surface area contributed by atoms with Gasteiger partial charge in [-0.25, -0.2) is 4.68 Å².